The van der Waals surface area contributed by atoms with Crippen molar-refractivity contribution in [1.82, 2.24) is 0 Å². The van der Waals surface area contributed by atoms with E-state index in [1.807, 2.05) is 0 Å². The van der Waals surface area contributed by atoms with E-state index in [4.69, 9.17) is 9.84 Å². The Balaban J connectivity index is 2.47. The second kappa shape index (κ2) is 3.38. The number of rotatable bonds is 1. The lowest BCUT2D eigenvalue weighted by atomic mass is 9.85. The first kappa shape index (κ1) is 9.71. The monoisotopic (exact) mass is 206 g/mol. The molecule has 0 saturated carbocycles. The van der Waals surface area contributed by atoms with Crippen molar-refractivity contribution in [2.24, 2.45) is 5.92 Å². The maximum atomic E-state index is 11.4. The molecular weight excluding hydrogens is 196 g/mol. The summed E-state index contributed by atoms with van der Waals surface area (Å²) in [6.07, 6.45) is 0. The molecular formula is C11H10O4. The lowest BCUT2D eigenvalue weighted by Gasteiger charge is -2.26. The van der Waals surface area contributed by atoms with Crippen molar-refractivity contribution in [3.05, 3.63) is 29.8 Å². The third-order valence-electron chi connectivity index (χ3n) is 2.64. The Kier molecular flexibility index (Phi) is 2.19. The van der Waals surface area contributed by atoms with Crippen LogP contribution >= 0.6 is 0 Å². The first-order valence-electron chi connectivity index (χ1n) is 4.64. The second-order valence-corrected chi connectivity index (χ2v) is 3.56. The third-order valence-corrected chi connectivity index (χ3v) is 2.64. The fourth-order valence-corrected chi connectivity index (χ4v) is 1.82. The van der Waals surface area contributed by atoms with Crippen LogP contribution < -0.4 is 4.74 Å². The predicted octanol–water partition coefficient (Wildman–Crippen LogP) is 1.41. The highest BCUT2D eigenvalue weighted by Crippen LogP contribution is 2.37. The average Bonchev–Trinajstić information content (AvgIpc) is 2.17. The number of carboxylic acid groups (broad SMARTS) is 1. The summed E-state index contributed by atoms with van der Waals surface area (Å²) in [5.41, 5.74) is 0.768. The molecule has 1 aliphatic rings. The highest BCUT2D eigenvalue weighted by molar-refractivity contribution is 5.97. The molecule has 0 saturated heterocycles. The molecule has 2 atom stereocenters. The molecule has 1 aliphatic heterocycles. The van der Waals surface area contributed by atoms with E-state index in [9.17, 15) is 9.59 Å². The molecule has 0 bridgehead atoms. The van der Waals surface area contributed by atoms with E-state index >= 15 is 0 Å². The van der Waals surface area contributed by atoms with Crippen molar-refractivity contribution in [3.8, 4) is 5.75 Å². The van der Waals surface area contributed by atoms with Crippen molar-refractivity contribution in [2.75, 3.05) is 0 Å². The van der Waals surface area contributed by atoms with Gasteiger partial charge in [-0.15, -0.1) is 0 Å². The molecule has 1 N–H and O–H groups in total. The molecule has 0 spiro atoms. The molecule has 1 aromatic carbocycles. The van der Waals surface area contributed by atoms with Crippen LogP contribution in [0, 0.1) is 5.92 Å². The predicted molar refractivity (Wildman–Crippen MR) is 51.6 cm³/mol. The molecule has 4 heteroatoms. The molecule has 4 nitrogen and oxygen atoms in total. The van der Waals surface area contributed by atoms with Gasteiger partial charge in [0.15, 0.2) is 5.92 Å². The van der Waals surface area contributed by atoms with Gasteiger partial charge in [0.05, 0.1) is 0 Å². The Bertz CT molecular complexity index is 424. The Hall–Kier alpha value is -1.84. The SMILES string of the molecule is CC1c2ccccc2OC(=O)C1C(=O)O. The number of carboxylic acids is 1. The largest absolute Gasteiger partial charge is 0.481 e. The zero-order valence-electron chi connectivity index (χ0n) is 8.14. The molecule has 0 radical (unpaired) electrons. The van der Waals surface area contributed by atoms with Gasteiger partial charge in [-0.3, -0.25) is 9.59 Å². The maximum Gasteiger partial charge on any atom is 0.326 e. The molecule has 1 heterocycles. The van der Waals surface area contributed by atoms with Crippen LogP contribution in [0.3, 0.4) is 0 Å². The van der Waals surface area contributed by atoms with Crippen molar-refractivity contribution < 1.29 is 19.4 Å². The minimum absolute atomic E-state index is 0.347. The summed E-state index contributed by atoms with van der Waals surface area (Å²) in [5, 5.41) is 8.90. The summed E-state index contributed by atoms with van der Waals surface area (Å²) in [5.74, 6) is -2.80. The number of carbonyl (C=O) groups is 2. The van der Waals surface area contributed by atoms with E-state index in [1.54, 1.807) is 31.2 Å². The van der Waals surface area contributed by atoms with Gasteiger partial charge < -0.3 is 9.84 Å². The fourth-order valence-electron chi connectivity index (χ4n) is 1.82. The number of fused-ring (bicyclic) bond motifs is 1. The van der Waals surface area contributed by atoms with Crippen LogP contribution in [0.5, 0.6) is 5.75 Å². The van der Waals surface area contributed by atoms with Gasteiger partial charge in [-0.2, -0.15) is 0 Å². The molecule has 0 fully saturated rings. The number of hydrogen-bond donors (Lipinski definition) is 1. The lowest BCUT2D eigenvalue weighted by Crippen LogP contribution is -2.36. The molecule has 2 unspecified atom stereocenters. The molecule has 2 rings (SSSR count). The Morgan fingerprint density at radius 1 is 1.40 bits per heavy atom. The summed E-state index contributed by atoms with van der Waals surface area (Å²) < 4.78 is 4.96. The van der Waals surface area contributed by atoms with Gasteiger partial charge in [0.1, 0.15) is 5.75 Å². The highest BCUT2D eigenvalue weighted by atomic mass is 16.5. The van der Waals surface area contributed by atoms with Gasteiger partial charge in [0, 0.05) is 5.92 Å². The second-order valence-electron chi connectivity index (χ2n) is 3.56. The molecule has 1 aromatic rings. The smallest absolute Gasteiger partial charge is 0.326 e. The molecule has 0 aliphatic carbocycles. The van der Waals surface area contributed by atoms with E-state index in [-0.39, 0.29) is 5.92 Å². The first-order valence-corrected chi connectivity index (χ1v) is 4.64. The van der Waals surface area contributed by atoms with E-state index in [0.29, 0.717) is 5.75 Å². The van der Waals surface area contributed by atoms with Crippen LogP contribution in [0.4, 0.5) is 0 Å². The number of hydrogen-bond acceptors (Lipinski definition) is 3. The number of benzene rings is 1. The van der Waals surface area contributed by atoms with E-state index in [1.165, 1.54) is 0 Å². The molecule has 0 amide bonds. The van der Waals surface area contributed by atoms with Crippen LogP contribution in [0.2, 0.25) is 0 Å². The zero-order chi connectivity index (χ0) is 11.0. The summed E-state index contributed by atoms with van der Waals surface area (Å²) in [7, 11) is 0. The quantitative estimate of drug-likeness (QED) is 0.428. The first-order chi connectivity index (χ1) is 7.11. The number of carbonyl (C=O) groups excluding carboxylic acids is 1. The minimum Gasteiger partial charge on any atom is -0.481 e. The van der Waals surface area contributed by atoms with E-state index in [0.717, 1.165) is 5.56 Å². The normalized spacial score (nSPS) is 24.2. The van der Waals surface area contributed by atoms with Crippen LogP contribution in [-0.4, -0.2) is 17.0 Å². The van der Waals surface area contributed by atoms with Crippen LogP contribution in [0.15, 0.2) is 24.3 Å². The van der Waals surface area contributed by atoms with Gasteiger partial charge in [0.2, 0.25) is 0 Å². The summed E-state index contributed by atoms with van der Waals surface area (Å²) >= 11 is 0. The van der Waals surface area contributed by atoms with Gasteiger partial charge in [-0.25, -0.2) is 0 Å². The average molecular weight is 206 g/mol. The van der Waals surface area contributed by atoms with Crippen molar-refractivity contribution >= 4 is 11.9 Å². The maximum absolute atomic E-state index is 11.4. The van der Waals surface area contributed by atoms with Crippen LogP contribution in [0.1, 0.15) is 18.4 Å². The number of para-hydroxylation sites is 1. The lowest BCUT2D eigenvalue weighted by molar-refractivity contribution is -0.155. The Morgan fingerprint density at radius 2 is 2.07 bits per heavy atom. The highest BCUT2D eigenvalue weighted by Gasteiger charge is 2.39. The third kappa shape index (κ3) is 1.48. The van der Waals surface area contributed by atoms with Gasteiger partial charge >= 0.3 is 11.9 Å². The standard InChI is InChI=1S/C11H10O4/c1-6-7-4-2-3-5-8(7)15-11(14)9(6)10(12)13/h2-6,9H,1H3,(H,12,13). The van der Waals surface area contributed by atoms with E-state index < -0.39 is 17.9 Å². The summed E-state index contributed by atoms with van der Waals surface area (Å²) in [6, 6.07) is 7.00. The van der Waals surface area contributed by atoms with Gasteiger partial charge in [-0.05, 0) is 11.6 Å². The summed E-state index contributed by atoms with van der Waals surface area (Å²) in [6.45, 7) is 1.72. The molecule has 0 aromatic heterocycles. The Labute approximate surface area is 86.5 Å². The van der Waals surface area contributed by atoms with Gasteiger partial charge in [0.25, 0.3) is 0 Å². The molecule has 78 valence electrons. The van der Waals surface area contributed by atoms with Crippen molar-refractivity contribution in [1.29, 1.82) is 0 Å². The number of esters is 1. The van der Waals surface area contributed by atoms with Gasteiger partial charge in [-0.1, -0.05) is 25.1 Å². The van der Waals surface area contributed by atoms with E-state index in [2.05, 4.69) is 0 Å². The Morgan fingerprint density at radius 3 is 2.73 bits per heavy atom. The zero-order valence-corrected chi connectivity index (χ0v) is 8.14. The topological polar surface area (TPSA) is 63.6 Å². The van der Waals surface area contributed by atoms with Crippen molar-refractivity contribution in [2.45, 2.75) is 12.8 Å². The van der Waals surface area contributed by atoms with Crippen LogP contribution in [0.25, 0.3) is 0 Å². The summed E-state index contributed by atoms with van der Waals surface area (Å²) in [4.78, 5) is 22.3. The number of aliphatic carboxylic acids is 1. The van der Waals surface area contributed by atoms with Crippen molar-refractivity contribution in [3.63, 3.8) is 0 Å². The fraction of sp³-hybridized carbons (Fsp3) is 0.273. The molecule has 15 heavy (non-hydrogen) atoms. The van der Waals surface area contributed by atoms with Crippen LogP contribution in [-0.2, 0) is 9.59 Å². The number of ether oxygens (including phenoxy) is 1. The minimum atomic E-state index is -1.14.